The Morgan fingerprint density at radius 3 is 3.00 bits per heavy atom. The number of rotatable bonds is 4. The molecule has 1 aliphatic carbocycles. The normalized spacial score (nSPS) is 15.3. The van der Waals surface area contributed by atoms with Gasteiger partial charge in [0.25, 0.3) is 0 Å². The highest BCUT2D eigenvalue weighted by Gasteiger charge is 2.18. The van der Waals surface area contributed by atoms with Crippen LogP contribution in [0.5, 0.6) is 0 Å². The number of carboxylic acid groups (broad SMARTS) is 1. The van der Waals surface area contributed by atoms with Crippen LogP contribution < -0.4 is 11.1 Å². The predicted octanol–water partition coefficient (Wildman–Crippen LogP) is 2.85. The van der Waals surface area contributed by atoms with Crippen molar-refractivity contribution in [3.05, 3.63) is 40.4 Å². The number of aromatic nitrogens is 1. The smallest absolute Gasteiger partial charge is 0.326 e. The van der Waals surface area contributed by atoms with Crippen LogP contribution in [0.3, 0.4) is 0 Å². The highest BCUT2D eigenvalue weighted by Crippen LogP contribution is 2.31. The minimum absolute atomic E-state index is 0.389. The Kier molecular flexibility index (Phi) is 3.90. The molecule has 21 heavy (non-hydrogen) atoms. The first kappa shape index (κ1) is 14.0. The first-order valence-corrected chi connectivity index (χ1v) is 7.84. The van der Waals surface area contributed by atoms with E-state index in [-0.39, 0.29) is 0 Å². The molecule has 1 heterocycles. The molecule has 0 fully saturated rings. The lowest BCUT2D eigenvalue weighted by atomic mass is 9.90. The Morgan fingerprint density at radius 2 is 2.19 bits per heavy atom. The highest BCUT2D eigenvalue weighted by atomic mass is 32.1. The molecule has 110 valence electrons. The lowest BCUT2D eigenvalue weighted by Crippen LogP contribution is -2.20. The topological polar surface area (TPSA) is 88.2 Å². The molecule has 6 heteroatoms. The number of benzene rings is 1. The van der Waals surface area contributed by atoms with Crippen LogP contribution in [0.1, 0.15) is 35.7 Å². The number of thiazole rings is 1. The van der Waals surface area contributed by atoms with E-state index in [4.69, 9.17) is 10.8 Å². The number of carboxylic acids is 1. The van der Waals surface area contributed by atoms with Gasteiger partial charge >= 0.3 is 5.97 Å². The van der Waals surface area contributed by atoms with Crippen LogP contribution in [0, 0.1) is 0 Å². The number of nitrogens with zero attached hydrogens (tertiary/aromatic N) is 1. The van der Waals surface area contributed by atoms with Crippen LogP contribution in [-0.4, -0.2) is 16.1 Å². The number of nitrogens with two attached hydrogens (primary N) is 1. The van der Waals surface area contributed by atoms with Crippen molar-refractivity contribution < 1.29 is 9.90 Å². The van der Waals surface area contributed by atoms with Crippen molar-refractivity contribution in [2.24, 2.45) is 5.73 Å². The van der Waals surface area contributed by atoms with E-state index in [1.807, 2.05) is 12.1 Å². The second-order valence-corrected chi connectivity index (χ2v) is 6.03. The van der Waals surface area contributed by atoms with Crippen molar-refractivity contribution in [3.8, 4) is 0 Å². The first-order chi connectivity index (χ1) is 10.1. The number of hydrogen-bond donors (Lipinski definition) is 3. The molecule has 0 amide bonds. The summed E-state index contributed by atoms with van der Waals surface area (Å²) in [6.45, 7) is 0. The second kappa shape index (κ2) is 5.83. The van der Waals surface area contributed by atoms with Crippen molar-refractivity contribution in [3.63, 3.8) is 0 Å². The number of carbonyl (C=O) groups is 1. The number of aliphatic carboxylic acids is 1. The highest BCUT2D eigenvalue weighted by molar-refractivity contribution is 7.13. The van der Waals surface area contributed by atoms with Crippen LogP contribution in [0.2, 0.25) is 0 Å². The van der Waals surface area contributed by atoms with Crippen LogP contribution in [0.15, 0.2) is 23.6 Å². The van der Waals surface area contributed by atoms with E-state index in [9.17, 15) is 4.79 Å². The number of anilines is 2. The quantitative estimate of drug-likeness (QED) is 0.808. The Balaban J connectivity index is 1.83. The largest absolute Gasteiger partial charge is 0.480 e. The fourth-order valence-electron chi connectivity index (χ4n) is 2.63. The van der Waals surface area contributed by atoms with E-state index in [0.717, 1.165) is 18.5 Å². The molecule has 1 aliphatic rings. The van der Waals surface area contributed by atoms with Gasteiger partial charge in [0.05, 0.1) is 5.69 Å². The van der Waals surface area contributed by atoms with Gasteiger partial charge in [-0.05, 0) is 42.9 Å². The Labute approximate surface area is 126 Å². The number of nitrogens with one attached hydrogen (secondary N) is 1. The molecule has 0 bridgehead atoms. The summed E-state index contributed by atoms with van der Waals surface area (Å²) < 4.78 is 0. The number of hydrogen-bond acceptors (Lipinski definition) is 5. The van der Waals surface area contributed by atoms with E-state index < -0.39 is 12.0 Å². The zero-order valence-corrected chi connectivity index (χ0v) is 12.3. The van der Waals surface area contributed by atoms with Gasteiger partial charge in [0.2, 0.25) is 0 Å². The van der Waals surface area contributed by atoms with Crippen LogP contribution in [-0.2, 0) is 17.6 Å². The molecule has 3 rings (SSSR count). The second-order valence-electron chi connectivity index (χ2n) is 5.17. The molecule has 0 saturated carbocycles. The fraction of sp³-hybridized carbons (Fsp3) is 0.333. The number of aryl methyl sites for hydroxylation is 1. The third-order valence-corrected chi connectivity index (χ3v) is 4.52. The molecule has 1 atom stereocenters. The van der Waals surface area contributed by atoms with Crippen LogP contribution in [0.4, 0.5) is 10.8 Å². The summed E-state index contributed by atoms with van der Waals surface area (Å²) >= 11 is 1.38. The molecule has 0 radical (unpaired) electrons. The van der Waals surface area contributed by atoms with E-state index >= 15 is 0 Å². The van der Waals surface area contributed by atoms with Gasteiger partial charge in [-0.2, -0.15) is 0 Å². The van der Waals surface area contributed by atoms with Gasteiger partial charge in [0, 0.05) is 11.1 Å². The number of fused-ring (bicyclic) bond motifs is 1. The average molecular weight is 303 g/mol. The minimum Gasteiger partial charge on any atom is -0.480 e. The van der Waals surface area contributed by atoms with Crippen molar-refractivity contribution in [2.75, 3.05) is 5.32 Å². The SMILES string of the molecule is NC(C(=O)O)c1csc(Nc2cccc3c2CCCC3)n1. The van der Waals surface area contributed by atoms with Gasteiger partial charge in [-0.3, -0.25) is 4.79 Å². The summed E-state index contributed by atoms with van der Waals surface area (Å²) in [6, 6.07) is 5.20. The molecule has 4 N–H and O–H groups in total. The molecule has 0 saturated heterocycles. The summed E-state index contributed by atoms with van der Waals surface area (Å²) in [5.74, 6) is -1.07. The third kappa shape index (κ3) is 2.91. The Morgan fingerprint density at radius 1 is 1.38 bits per heavy atom. The van der Waals surface area contributed by atoms with Crippen LogP contribution in [0.25, 0.3) is 0 Å². The van der Waals surface area contributed by atoms with Gasteiger partial charge in [0.1, 0.15) is 6.04 Å². The standard InChI is InChI=1S/C15H17N3O2S/c16-13(14(19)20)12-8-21-15(18-12)17-11-7-3-5-9-4-1-2-6-10(9)11/h3,5,7-8,13H,1-2,4,6,16H2,(H,17,18)(H,19,20). The van der Waals surface area contributed by atoms with Gasteiger partial charge in [-0.25, -0.2) is 4.98 Å². The molecule has 1 aromatic heterocycles. The van der Waals surface area contributed by atoms with Crippen molar-refractivity contribution >= 4 is 28.1 Å². The summed E-state index contributed by atoms with van der Waals surface area (Å²) in [5, 5.41) is 14.6. The van der Waals surface area contributed by atoms with Crippen molar-refractivity contribution in [1.29, 1.82) is 0 Å². The van der Waals surface area contributed by atoms with Crippen molar-refractivity contribution in [2.45, 2.75) is 31.7 Å². The summed E-state index contributed by atoms with van der Waals surface area (Å²) in [5.41, 5.74) is 9.77. The maximum Gasteiger partial charge on any atom is 0.326 e. The van der Waals surface area contributed by atoms with E-state index in [2.05, 4.69) is 16.4 Å². The van der Waals surface area contributed by atoms with Crippen molar-refractivity contribution in [1.82, 2.24) is 4.98 Å². The molecular weight excluding hydrogens is 286 g/mol. The summed E-state index contributed by atoms with van der Waals surface area (Å²) in [6.07, 6.45) is 4.65. The Hall–Kier alpha value is -1.92. The summed E-state index contributed by atoms with van der Waals surface area (Å²) in [7, 11) is 0. The van der Waals surface area contributed by atoms with Gasteiger partial charge in [-0.15, -0.1) is 11.3 Å². The first-order valence-electron chi connectivity index (χ1n) is 6.97. The van der Waals surface area contributed by atoms with Crippen LogP contribution >= 0.6 is 11.3 Å². The Bertz CT molecular complexity index is 669. The molecule has 0 aliphatic heterocycles. The molecule has 1 aromatic carbocycles. The molecular formula is C15H17N3O2S. The molecule has 2 aromatic rings. The van der Waals surface area contributed by atoms with Gasteiger partial charge in [0.15, 0.2) is 5.13 Å². The zero-order chi connectivity index (χ0) is 14.8. The van der Waals surface area contributed by atoms with Gasteiger partial charge in [-0.1, -0.05) is 12.1 Å². The van der Waals surface area contributed by atoms with Gasteiger partial charge < -0.3 is 16.2 Å². The lowest BCUT2D eigenvalue weighted by molar-refractivity contribution is -0.138. The third-order valence-electron chi connectivity index (χ3n) is 3.74. The lowest BCUT2D eigenvalue weighted by Gasteiger charge is -2.19. The molecule has 0 spiro atoms. The van der Waals surface area contributed by atoms with E-state index in [1.54, 1.807) is 5.38 Å². The maximum absolute atomic E-state index is 10.9. The minimum atomic E-state index is -1.07. The summed E-state index contributed by atoms with van der Waals surface area (Å²) in [4.78, 5) is 15.2. The fourth-order valence-corrected chi connectivity index (χ4v) is 3.39. The maximum atomic E-state index is 10.9. The van der Waals surface area contributed by atoms with E-state index in [1.165, 1.54) is 35.3 Å². The molecule has 1 unspecified atom stereocenters. The molecule has 5 nitrogen and oxygen atoms in total. The predicted molar refractivity (Wildman–Crippen MR) is 83.0 cm³/mol. The zero-order valence-electron chi connectivity index (χ0n) is 11.5. The monoisotopic (exact) mass is 303 g/mol. The average Bonchev–Trinajstić information content (AvgIpc) is 2.95. The van der Waals surface area contributed by atoms with E-state index in [0.29, 0.717) is 10.8 Å².